The number of hydrogen-bond acceptors (Lipinski definition) is 11. The molecule has 0 spiro atoms. The zero-order valence-electron chi connectivity index (χ0n) is 28.4. The van der Waals surface area contributed by atoms with Crippen molar-refractivity contribution in [2.45, 2.75) is 44.8 Å². The van der Waals surface area contributed by atoms with Gasteiger partial charge in [-0.15, -0.1) is 0 Å². The molecule has 51 heavy (non-hydrogen) atoms. The fraction of sp³-hybridized carbons (Fsp3) is 0.375. The van der Waals surface area contributed by atoms with Crippen LogP contribution in [-0.2, 0) is 44.9 Å². The minimum Gasteiger partial charge on any atom is -0.506 e. The van der Waals surface area contributed by atoms with Crippen LogP contribution in [0.25, 0.3) is 0 Å². The maximum Gasteiger partial charge on any atom is 0.490 e. The predicted molar refractivity (Wildman–Crippen MR) is 183 cm³/mol. The van der Waals surface area contributed by atoms with Gasteiger partial charge in [-0.05, 0) is 73.9 Å². The van der Waals surface area contributed by atoms with E-state index in [1.54, 1.807) is 69.3 Å². The molecule has 2 atom stereocenters. The lowest BCUT2D eigenvalue weighted by Gasteiger charge is -2.31. The van der Waals surface area contributed by atoms with Crippen LogP contribution in [0.4, 0.5) is 24.5 Å². The van der Waals surface area contributed by atoms with E-state index in [-0.39, 0.29) is 37.4 Å². The number of aliphatic hydroxyl groups excluding tert-OH is 1. The van der Waals surface area contributed by atoms with E-state index in [9.17, 15) is 41.2 Å². The van der Waals surface area contributed by atoms with Crippen molar-refractivity contribution in [3.05, 3.63) is 83.4 Å². The second-order valence-electron chi connectivity index (χ2n) is 11.0. The highest BCUT2D eigenvalue weighted by Gasteiger charge is 2.38. The van der Waals surface area contributed by atoms with Crippen molar-refractivity contribution < 1.29 is 64.8 Å². The molecule has 0 heterocycles. The van der Waals surface area contributed by atoms with Crippen LogP contribution in [0.3, 0.4) is 0 Å². The van der Waals surface area contributed by atoms with Gasteiger partial charge in [0.1, 0.15) is 17.0 Å². The third kappa shape index (κ3) is 13.5. The number of carboxylic acids is 1. The van der Waals surface area contributed by atoms with E-state index < -0.39 is 47.3 Å². The van der Waals surface area contributed by atoms with Gasteiger partial charge in [0.25, 0.3) is 0 Å². The monoisotopic (exact) mass is 763 g/mol. The molecule has 1 amide bonds. The Morgan fingerprint density at radius 1 is 0.961 bits per heavy atom. The Morgan fingerprint density at radius 3 is 1.98 bits per heavy atom. The van der Waals surface area contributed by atoms with Crippen LogP contribution in [0.2, 0.25) is 0 Å². The molecular formula is C32H41F3N3O11PS. The van der Waals surface area contributed by atoms with Gasteiger partial charge >= 0.3 is 19.7 Å². The summed E-state index contributed by atoms with van der Waals surface area (Å²) in [5.41, 5.74) is 0.660. The number of rotatable bonds is 16. The van der Waals surface area contributed by atoms with Gasteiger partial charge in [0, 0.05) is 12.2 Å². The zero-order chi connectivity index (χ0) is 38.6. The van der Waals surface area contributed by atoms with Crippen LogP contribution in [0, 0.1) is 0 Å². The molecule has 0 aliphatic rings. The summed E-state index contributed by atoms with van der Waals surface area (Å²) >= 11 is 0. The molecule has 0 unspecified atom stereocenters. The number of alkyl halides is 3. The number of aliphatic hydroxyl groups is 1. The minimum absolute atomic E-state index is 0.0815. The smallest absolute Gasteiger partial charge is 0.490 e. The Hall–Kier alpha value is -4.19. The highest BCUT2D eigenvalue weighted by molar-refractivity contribution is 7.92. The first-order valence-electron chi connectivity index (χ1n) is 15.1. The third-order valence-corrected chi connectivity index (χ3v) is 9.60. The number of methoxy groups -OCH3 is 1. The first-order chi connectivity index (χ1) is 23.7. The number of aromatic hydroxyl groups is 1. The average Bonchev–Trinajstić information content (AvgIpc) is 3.04. The van der Waals surface area contributed by atoms with Gasteiger partial charge in [0.05, 0.1) is 44.5 Å². The van der Waals surface area contributed by atoms with Crippen molar-refractivity contribution >= 4 is 40.9 Å². The maximum absolute atomic E-state index is 13.8. The molecule has 3 aromatic rings. The van der Waals surface area contributed by atoms with Crippen LogP contribution in [0.5, 0.6) is 11.5 Å². The molecule has 0 radical (unpaired) electrons. The number of anilines is 2. The summed E-state index contributed by atoms with van der Waals surface area (Å²) in [6.07, 6.45) is -5.22. The standard InChI is InChI=1S/C30H40N3O9PS.C2HF3O2/c1-6-41-43(37,42-7-2)20-21-8-13-24(14-9-21)32-29(36)30(3,23-11-15-25(40-4)16-12-23)31-19-28(35)22-10-17-27(34)26(18-22)33-44(5,38)39;3-2(4,5)1(6)7/h8-18,28,31,33-35H,6-7,19-20H2,1-5H3,(H,32,36);(H,6,7)/t28-,30-;/m0./s1. The van der Waals surface area contributed by atoms with Crippen LogP contribution in [-0.4, -0.2) is 74.9 Å². The van der Waals surface area contributed by atoms with Crippen molar-refractivity contribution in [2.75, 3.05) is 43.2 Å². The number of sulfonamides is 1. The molecule has 0 aliphatic heterocycles. The summed E-state index contributed by atoms with van der Waals surface area (Å²) < 4.78 is 86.2. The van der Waals surface area contributed by atoms with Gasteiger partial charge in [0.15, 0.2) is 0 Å². The summed E-state index contributed by atoms with van der Waals surface area (Å²) in [5.74, 6) is -2.89. The molecule has 0 aliphatic carbocycles. The molecule has 0 fully saturated rings. The van der Waals surface area contributed by atoms with Crippen molar-refractivity contribution in [3.8, 4) is 11.5 Å². The largest absolute Gasteiger partial charge is 0.506 e. The lowest BCUT2D eigenvalue weighted by atomic mass is 9.90. The minimum atomic E-state index is -5.08. The average molecular weight is 764 g/mol. The molecule has 0 saturated carbocycles. The first kappa shape index (κ1) is 43.0. The molecule has 3 rings (SSSR count). The van der Waals surface area contributed by atoms with E-state index in [1.807, 2.05) is 0 Å². The second-order valence-corrected chi connectivity index (χ2v) is 14.8. The molecule has 0 saturated heterocycles. The van der Waals surface area contributed by atoms with Crippen molar-refractivity contribution in [2.24, 2.45) is 0 Å². The number of hydrogen-bond donors (Lipinski definition) is 6. The summed E-state index contributed by atoms with van der Waals surface area (Å²) in [4.78, 5) is 22.7. The van der Waals surface area contributed by atoms with E-state index >= 15 is 0 Å². The Bertz CT molecular complexity index is 1770. The Balaban J connectivity index is 0.00000116. The number of amides is 1. The fourth-order valence-corrected chi connectivity index (χ4v) is 6.66. The fourth-order valence-electron chi connectivity index (χ4n) is 4.39. The number of benzene rings is 3. The molecule has 19 heteroatoms. The van der Waals surface area contributed by atoms with Gasteiger partial charge in [-0.2, -0.15) is 13.2 Å². The Labute approximate surface area is 293 Å². The highest BCUT2D eigenvalue weighted by Crippen LogP contribution is 2.51. The van der Waals surface area contributed by atoms with Gasteiger partial charge < -0.3 is 34.4 Å². The number of carbonyl (C=O) groups is 2. The topological polar surface area (TPSA) is 210 Å². The molecule has 0 bridgehead atoms. The second kappa shape index (κ2) is 18.3. The van der Waals surface area contributed by atoms with Crippen LogP contribution < -0.4 is 20.1 Å². The molecule has 0 aromatic heterocycles. The lowest BCUT2D eigenvalue weighted by molar-refractivity contribution is -0.192. The number of ether oxygens (including phenoxy) is 1. The highest BCUT2D eigenvalue weighted by atomic mass is 32.2. The number of phenolic OH excluding ortho intramolecular Hbond substituents is 1. The SMILES string of the molecule is CCOP(=O)(Cc1ccc(NC(=O)[C@@](C)(NC[C@H](O)c2ccc(O)c(NS(C)(=O)=O)c2)c2ccc(OC)cc2)cc1)OCC.O=C(O)C(F)(F)F. The first-order valence-corrected chi connectivity index (χ1v) is 18.7. The predicted octanol–water partition coefficient (Wildman–Crippen LogP) is 5.35. The van der Waals surface area contributed by atoms with Crippen molar-refractivity contribution in [1.29, 1.82) is 0 Å². The zero-order valence-corrected chi connectivity index (χ0v) is 30.1. The van der Waals surface area contributed by atoms with E-state index in [0.717, 1.165) is 6.26 Å². The number of carboxylic acid groups (broad SMARTS) is 1. The summed E-state index contributed by atoms with van der Waals surface area (Å²) in [7, 11) is -5.44. The van der Waals surface area contributed by atoms with Crippen molar-refractivity contribution in [3.63, 3.8) is 0 Å². The van der Waals surface area contributed by atoms with Gasteiger partial charge in [-0.25, -0.2) is 13.2 Å². The van der Waals surface area contributed by atoms with E-state index in [1.165, 1.54) is 25.3 Å². The number of carbonyl (C=O) groups excluding carboxylic acids is 1. The van der Waals surface area contributed by atoms with Gasteiger partial charge in [-0.1, -0.05) is 30.3 Å². The summed E-state index contributed by atoms with van der Waals surface area (Å²) in [5, 5.41) is 34.2. The quantitative estimate of drug-likeness (QED) is 0.0806. The van der Waals surface area contributed by atoms with Crippen LogP contribution >= 0.6 is 7.60 Å². The maximum atomic E-state index is 13.8. The van der Waals surface area contributed by atoms with Gasteiger partial charge in [0.2, 0.25) is 15.9 Å². The number of aliphatic carboxylic acids is 1. The van der Waals surface area contributed by atoms with Crippen LogP contribution in [0.15, 0.2) is 66.7 Å². The lowest BCUT2D eigenvalue weighted by Crippen LogP contribution is -2.50. The molecular weight excluding hydrogens is 722 g/mol. The number of phenols is 1. The molecule has 6 N–H and O–H groups in total. The van der Waals surface area contributed by atoms with Gasteiger partial charge in [-0.3, -0.25) is 19.4 Å². The summed E-state index contributed by atoms with van der Waals surface area (Å²) in [6, 6.07) is 17.8. The Morgan fingerprint density at radius 2 is 1.51 bits per heavy atom. The summed E-state index contributed by atoms with van der Waals surface area (Å²) in [6.45, 7) is 5.55. The Kier molecular flexibility index (Phi) is 15.5. The normalized spacial score (nSPS) is 13.6. The van der Waals surface area contributed by atoms with E-state index in [2.05, 4.69) is 15.4 Å². The number of halogens is 3. The van der Waals surface area contributed by atoms with Crippen LogP contribution in [0.1, 0.15) is 43.6 Å². The molecule has 14 nitrogen and oxygen atoms in total. The van der Waals surface area contributed by atoms with Crippen molar-refractivity contribution in [1.82, 2.24) is 5.32 Å². The van der Waals surface area contributed by atoms with E-state index in [0.29, 0.717) is 28.1 Å². The number of nitrogens with one attached hydrogen (secondary N) is 3. The molecule has 282 valence electrons. The molecule has 3 aromatic carbocycles. The van der Waals surface area contributed by atoms with E-state index in [4.69, 9.17) is 23.7 Å². The third-order valence-electron chi connectivity index (χ3n) is 6.95.